The molecule has 0 atom stereocenters. The maximum atomic E-state index is 5.60. The highest BCUT2D eigenvalue weighted by molar-refractivity contribution is 5.77. The minimum absolute atomic E-state index is 0.176. The molecule has 34 heavy (non-hydrogen) atoms. The van der Waals surface area contributed by atoms with Gasteiger partial charge in [0.25, 0.3) is 5.89 Å². The quantitative estimate of drug-likeness (QED) is 0.371. The second-order valence-corrected chi connectivity index (χ2v) is 8.77. The number of aromatic nitrogens is 6. The molecule has 5 aromatic rings. The molecule has 0 saturated carbocycles. The first-order chi connectivity index (χ1) is 16.6. The van der Waals surface area contributed by atoms with Crippen molar-refractivity contribution in [3.05, 3.63) is 83.7 Å². The largest absolute Gasteiger partial charge is 0.497 e. The van der Waals surface area contributed by atoms with Crippen molar-refractivity contribution in [2.75, 3.05) is 7.11 Å². The Bertz CT molecular complexity index is 1480. The number of hydrogen-bond acceptors (Lipinski definition) is 6. The third-order valence-electron chi connectivity index (χ3n) is 6.13. The normalized spacial score (nSPS) is 12.2. The number of hydrogen-bond donors (Lipinski definition) is 0. The second-order valence-electron chi connectivity index (χ2n) is 8.77. The van der Waals surface area contributed by atoms with Crippen LogP contribution in [0.1, 0.15) is 42.4 Å². The van der Waals surface area contributed by atoms with Crippen LogP contribution in [-0.2, 0) is 13.0 Å². The van der Waals surface area contributed by atoms with Crippen LogP contribution in [-0.4, -0.2) is 36.6 Å². The molecule has 0 spiro atoms. The third-order valence-corrected chi connectivity index (χ3v) is 6.13. The average Bonchev–Trinajstić information content (AvgIpc) is 3.57. The molecule has 170 valence electrons. The van der Waals surface area contributed by atoms with Gasteiger partial charge >= 0.3 is 0 Å². The SMILES string of the molecule is COc1ccc2c(c1)-c1nn(Cc3ccccc3)cc1Cc1c(-c3nc(C(C)C)no3)ncn1-2. The Hall–Kier alpha value is -4.20. The maximum Gasteiger partial charge on any atom is 0.278 e. The van der Waals surface area contributed by atoms with E-state index in [1.807, 2.05) is 61.3 Å². The Balaban J connectivity index is 1.50. The van der Waals surface area contributed by atoms with Crippen LogP contribution in [0.3, 0.4) is 0 Å². The van der Waals surface area contributed by atoms with Crippen molar-refractivity contribution in [2.45, 2.75) is 32.7 Å². The number of methoxy groups -OCH3 is 1. The van der Waals surface area contributed by atoms with E-state index in [0.717, 1.165) is 34.0 Å². The van der Waals surface area contributed by atoms with Crippen molar-refractivity contribution in [3.63, 3.8) is 0 Å². The summed E-state index contributed by atoms with van der Waals surface area (Å²) in [5.74, 6) is 2.07. The van der Waals surface area contributed by atoms with E-state index in [2.05, 4.69) is 38.0 Å². The lowest BCUT2D eigenvalue weighted by Gasteiger charge is -2.11. The molecule has 1 aliphatic rings. The van der Waals surface area contributed by atoms with Gasteiger partial charge in [0.05, 0.1) is 30.7 Å². The molecule has 4 heterocycles. The Morgan fingerprint density at radius 1 is 1.09 bits per heavy atom. The second kappa shape index (κ2) is 7.98. The van der Waals surface area contributed by atoms with E-state index in [1.54, 1.807) is 7.11 Å². The van der Waals surface area contributed by atoms with Gasteiger partial charge in [0, 0.05) is 29.7 Å². The van der Waals surface area contributed by atoms with E-state index < -0.39 is 0 Å². The molecular weight excluding hydrogens is 428 g/mol. The van der Waals surface area contributed by atoms with Gasteiger partial charge in [-0.2, -0.15) is 10.1 Å². The van der Waals surface area contributed by atoms with Gasteiger partial charge in [-0.3, -0.25) is 4.68 Å². The summed E-state index contributed by atoms with van der Waals surface area (Å²) in [5.41, 5.74) is 6.92. The van der Waals surface area contributed by atoms with Gasteiger partial charge in [-0.25, -0.2) is 4.98 Å². The fourth-order valence-electron chi connectivity index (χ4n) is 4.39. The first kappa shape index (κ1) is 20.4. The summed E-state index contributed by atoms with van der Waals surface area (Å²) in [7, 11) is 1.68. The van der Waals surface area contributed by atoms with Crippen molar-refractivity contribution < 1.29 is 9.26 Å². The summed E-state index contributed by atoms with van der Waals surface area (Å²) in [5, 5.41) is 9.13. The highest BCUT2D eigenvalue weighted by Crippen LogP contribution is 2.39. The summed E-state index contributed by atoms with van der Waals surface area (Å²) in [6.45, 7) is 4.78. The molecule has 0 N–H and O–H groups in total. The van der Waals surface area contributed by atoms with Gasteiger partial charge in [0.1, 0.15) is 12.1 Å². The molecule has 0 saturated heterocycles. The third kappa shape index (κ3) is 3.39. The molecule has 6 rings (SSSR count). The molecule has 1 aliphatic heterocycles. The van der Waals surface area contributed by atoms with Crippen molar-refractivity contribution in [2.24, 2.45) is 0 Å². The summed E-state index contributed by atoms with van der Waals surface area (Å²) in [6, 6.07) is 16.4. The zero-order valence-electron chi connectivity index (χ0n) is 19.3. The molecule has 0 amide bonds. The van der Waals surface area contributed by atoms with Crippen LogP contribution in [0, 0.1) is 0 Å². The van der Waals surface area contributed by atoms with E-state index >= 15 is 0 Å². The average molecular weight is 453 g/mol. The number of nitrogens with zero attached hydrogens (tertiary/aromatic N) is 6. The Labute approximate surface area is 196 Å². The first-order valence-corrected chi connectivity index (χ1v) is 11.3. The molecule has 2 aromatic carbocycles. The summed E-state index contributed by atoms with van der Waals surface area (Å²) in [4.78, 5) is 9.28. The lowest BCUT2D eigenvalue weighted by molar-refractivity contribution is 0.415. The molecule has 3 aromatic heterocycles. The summed E-state index contributed by atoms with van der Waals surface area (Å²) >= 11 is 0. The number of benzene rings is 2. The molecule has 0 bridgehead atoms. The highest BCUT2D eigenvalue weighted by Gasteiger charge is 2.28. The zero-order valence-corrected chi connectivity index (χ0v) is 19.3. The lowest BCUT2D eigenvalue weighted by Crippen LogP contribution is -2.03. The molecule has 0 fully saturated rings. The zero-order chi connectivity index (χ0) is 23.2. The summed E-state index contributed by atoms with van der Waals surface area (Å²) < 4.78 is 15.2. The van der Waals surface area contributed by atoms with Gasteiger partial charge in [-0.1, -0.05) is 49.3 Å². The molecular formula is C26H24N6O2. The van der Waals surface area contributed by atoms with E-state index in [9.17, 15) is 0 Å². The van der Waals surface area contributed by atoms with Gasteiger partial charge in [-0.05, 0) is 23.8 Å². The molecule has 0 unspecified atom stereocenters. The fraction of sp³-hybridized carbons (Fsp3) is 0.231. The molecule has 0 radical (unpaired) electrons. The summed E-state index contributed by atoms with van der Waals surface area (Å²) in [6.07, 6.45) is 4.57. The van der Waals surface area contributed by atoms with Crippen LogP contribution in [0.2, 0.25) is 0 Å². The van der Waals surface area contributed by atoms with Crippen LogP contribution in [0.15, 0.2) is 65.6 Å². The van der Waals surface area contributed by atoms with Crippen LogP contribution in [0.25, 0.3) is 28.5 Å². The van der Waals surface area contributed by atoms with Crippen molar-refractivity contribution >= 4 is 0 Å². The molecule has 8 nitrogen and oxygen atoms in total. The fourth-order valence-corrected chi connectivity index (χ4v) is 4.39. The van der Waals surface area contributed by atoms with Gasteiger partial charge in [-0.15, -0.1) is 0 Å². The Morgan fingerprint density at radius 2 is 1.94 bits per heavy atom. The minimum Gasteiger partial charge on any atom is -0.497 e. The van der Waals surface area contributed by atoms with Crippen LogP contribution in [0.5, 0.6) is 5.75 Å². The maximum absolute atomic E-state index is 5.60. The topological polar surface area (TPSA) is 83.8 Å². The number of ether oxygens (including phenoxy) is 1. The first-order valence-electron chi connectivity index (χ1n) is 11.3. The Kier molecular flexibility index (Phi) is 4.79. The van der Waals surface area contributed by atoms with Crippen LogP contribution in [0.4, 0.5) is 0 Å². The van der Waals surface area contributed by atoms with E-state index in [-0.39, 0.29) is 5.92 Å². The predicted octanol–water partition coefficient (Wildman–Crippen LogP) is 4.87. The van der Waals surface area contributed by atoms with Crippen LogP contribution >= 0.6 is 0 Å². The van der Waals surface area contributed by atoms with Crippen LogP contribution < -0.4 is 4.74 Å². The number of imidazole rings is 1. The van der Waals surface area contributed by atoms with E-state index in [4.69, 9.17) is 14.4 Å². The van der Waals surface area contributed by atoms with E-state index in [0.29, 0.717) is 30.4 Å². The number of fused-ring (bicyclic) bond motifs is 5. The van der Waals surface area contributed by atoms with Crippen molar-refractivity contribution in [1.82, 2.24) is 29.5 Å². The monoisotopic (exact) mass is 452 g/mol. The Morgan fingerprint density at radius 3 is 2.71 bits per heavy atom. The highest BCUT2D eigenvalue weighted by atomic mass is 16.5. The van der Waals surface area contributed by atoms with Crippen molar-refractivity contribution in [1.29, 1.82) is 0 Å². The van der Waals surface area contributed by atoms with Gasteiger partial charge in [0.15, 0.2) is 11.5 Å². The smallest absolute Gasteiger partial charge is 0.278 e. The minimum atomic E-state index is 0.176. The van der Waals surface area contributed by atoms with Gasteiger partial charge in [0.2, 0.25) is 0 Å². The van der Waals surface area contributed by atoms with Gasteiger partial charge < -0.3 is 13.8 Å². The van der Waals surface area contributed by atoms with Crippen molar-refractivity contribution in [3.8, 4) is 34.3 Å². The lowest BCUT2D eigenvalue weighted by atomic mass is 10.0. The van der Waals surface area contributed by atoms with E-state index in [1.165, 1.54) is 5.56 Å². The standard InChI is InChI=1S/C26H24N6O2/c1-16(2)25-28-26(34-30-25)24-22-11-18-14-31(13-17-7-5-4-6-8-17)29-23(18)20-12-19(33-3)9-10-21(20)32(22)15-27-24/h4-10,12,14-16H,11,13H2,1-3H3. The number of rotatable bonds is 5. The molecule has 0 aliphatic carbocycles. The predicted molar refractivity (Wildman–Crippen MR) is 127 cm³/mol. The molecule has 8 heteroatoms.